The summed E-state index contributed by atoms with van der Waals surface area (Å²) >= 11 is 2.14. The highest BCUT2D eigenvalue weighted by Crippen LogP contribution is 2.54. The Bertz CT molecular complexity index is 1260. The molecule has 0 bridgehead atoms. The Hall–Kier alpha value is -2.44. The van der Waals surface area contributed by atoms with Gasteiger partial charge in [-0.2, -0.15) is 0 Å². The lowest BCUT2D eigenvalue weighted by atomic mass is 9.57. The lowest BCUT2D eigenvalue weighted by molar-refractivity contribution is -0.153. The second-order valence-electron chi connectivity index (χ2n) is 10.8. The van der Waals surface area contributed by atoms with Crippen LogP contribution >= 0.6 is 22.6 Å². The van der Waals surface area contributed by atoms with E-state index in [4.69, 9.17) is 5.73 Å². The second-order valence-corrected chi connectivity index (χ2v) is 12.0. The van der Waals surface area contributed by atoms with E-state index in [2.05, 4.69) is 22.6 Å². The van der Waals surface area contributed by atoms with Gasteiger partial charge >= 0.3 is 0 Å². The SMILES string of the molecule is CN(C)[C@@H]1C(=O)C(C(N)=O)=C(O)[C@@]2(O)C(=O)C3=C(O)c4c(O)c(C(C)(C)C)cc(I)c4CC3CC12. The van der Waals surface area contributed by atoms with Crippen molar-refractivity contribution in [2.24, 2.45) is 17.6 Å². The fourth-order valence-electron chi connectivity index (χ4n) is 5.84. The molecule has 35 heavy (non-hydrogen) atoms. The summed E-state index contributed by atoms with van der Waals surface area (Å²) in [5.74, 6) is -6.39. The molecule has 1 aromatic carbocycles. The highest BCUT2D eigenvalue weighted by molar-refractivity contribution is 14.1. The van der Waals surface area contributed by atoms with Crippen LogP contribution in [0.5, 0.6) is 5.75 Å². The lowest BCUT2D eigenvalue weighted by Crippen LogP contribution is -2.65. The lowest BCUT2D eigenvalue weighted by Gasteiger charge is -2.50. The van der Waals surface area contributed by atoms with E-state index in [-0.39, 0.29) is 29.7 Å². The molecule has 0 radical (unpaired) electrons. The molecular weight excluding hydrogens is 567 g/mol. The molecule has 1 fully saturated rings. The molecule has 0 spiro atoms. The van der Waals surface area contributed by atoms with Gasteiger partial charge in [0.1, 0.15) is 22.8 Å². The van der Waals surface area contributed by atoms with Crippen LogP contribution in [0.25, 0.3) is 5.76 Å². The molecular formula is C25H29IN2O7. The van der Waals surface area contributed by atoms with Gasteiger partial charge in [-0.05, 0) is 72.5 Å². The first-order valence-electron chi connectivity index (χ1n) is 11.2. The largest absolute Gasteiger partial charge is 0.508 e. The minimum atomic E-state index is -2.63. The zero-order chi connectivity index (χ0) is 26.4. The number of primary amides is 1. The van der Waals surface area contributed by atoms with E-state index >= 15 is 0 Å². The number of carbonyl (C=O) groups excluding carboxylic acids is 3. The van der Waals surface area contributed by atoms with Gasteiger partial charge in [0, 0.05) is 20.6 Å². The van der Waals surface area contributed by atoms with Crippen molar-refractivity contribution >= 4 is 45.8 Å². The molecule has 4 atom stereocenters. The second kappa shape index (κ2) is 8.04. The average molecular weight is 596 g/mol. The summed E-state index contributed by atoms with van der Waals surface area (Å²) in [6.07, 6.45) is 0.356. The number of likely N-dealkylation sites (N-methyl/N-ethyl adjacent to an activating group) is 1. The molecule has 3 aliphatic carbocycles. The number of hydrogen-bond donors (Lipinski definition) is 5. The number of aliphatic hydroxyl groups is 3. The van der Waals surface area contributed by atoms with Crippen molar-refractivity contribution in [2.45, 2.75) is 50.7 Å². The predicted molar refractivity (Wildman–Crippen MR) is 136 cm³/mol. The van der Waals surface area contributed by atoms with E-state index in [1.54, 1.807) is 14.1 Å². The van der Waals surface area contributed by atoms with Crippen molar-refractivity contribution in [3.63, 3.8) is 0 Å². The van der Waals surface area contributed by atoms with Crippen LogP contribution < -0.4 is 5.73 Å². The first-order chi connectivity index (χ1) is 16.0. The normalized spacial score (nSPS) is 28.7. The third-order valence-corrected chi connectivity index (χ3v) is 8.44. The molecule has 10 heteroatoms. The number of phenolic OH excluding ortho intramolecular Hbond substituents is 1. The van der Waals surface area contributed by atoms with Gasteiger partial charge in [0.25, 0.3) is 5.91 Å². The minimum absolute atomic E-state index is 0.0730. The van der Waals surface area contributed by atoms with Gasteiger partial charge in [-0.25, -0.2) is 0 Å². The smallest absolute Gasteiger partial charge is 0.255 e. The van der Waals surface area contributed by atoms with Crippen molar-refractivity contribution in [1.82, 2.24) is 4.90 Å². The molecule has 4 rings (SSSR count). The number of halogens is 1. The van der Waals surface area contributed by atoms with Crippen LogP contribution in [0.1, 0.15) is 43.9 Å². The first-order valence-corrected chi connectivity index (χ1v) is 12.3. The first kappa shape index (κ1) is 25.6. The fraction of sp³-hybridized carbons (Fsp3) is 0.480. The number of phenols is 1. The maximum atomic E-state index is 13.8. The van der Waals surface area contributed by atoms with Crippen LogP contribution in [0, 0.1) is 15.4 Å². The van der Waals surface area contributed by atoms with Gasteiger partial charge in [0.2, 0.25) is 5.78 Å². The number of aliphatic hydroxyl groups excluding tert-OH is 2. The van der Waals surface area contributed by atoms with Crippen molar-refractivity contribution in [3.05, 3.63) is 43.2 Å². The van der Waals surface area contributed by atoms with Gasteiger partial charge in [-0.1, -0.05) is 20.8 Å². The van der Waals surface area contributed by atoms with Crippen LogP contribution in [-0.2, 0) is 26.2 Å². The van der Waals surface area contributed by atoms with Crippen molar-refractivity contribution in [1.29, 1.82) is 0 Å². The minimum Gasteiger partial charge on any atom is -0.508 e. The number of hydrogen-bond acceptors (Lipinski definition) is 8. The Balaban J connectivity index is 2.00. The molecule has 2 unspecified atom stereocenters. The quantitative estimate of drug-likeness (QED) is 0.256. The highest BCUT2D eigenvalue weighted by atomic mass is 127. The summed E-state index contributed by atoms with van der Waals surface area (Å²) in [5, 5.41) is 45.0. The van der Waals surface area contributed by atoms with Crippen molar-refractivity contribution < 1.29 is 34.8 Å². The monoisotopic (exact) mass is 596 g/mol. The number of amides is 1. The average Bonchev–Trinajstić information content (AvgIpc) is 2.71. The van der Waals surface area contributed by atoms with Crippen molar-refractivity contribution in [2.75, 3.05) is 14.1 Å². The number of nitrogens with zero attached hydrogens (tertiary/aromatic N) is 1. The van der Waals surface area contributed by atoms with Crippen molar-refractivity contribution in [3.8, 4) is 5.75 Å². The molecule has 1 saturated carbocycles. The molecule has 1 amide bonds. The van der Waals surface area contributed by atoms with E-state index in [9.17, 15) is 34.8 Å². The number of nitrogens with two attached hydrogens (primary N) is 1. The van der Waals surface area contributed by atoms with E-state index in [1.165, 1.54) is 4.90 Å². The predicted octanol–water partition coefficient (Wildman–Crippen LogP) is 1.87. The third-order valence-electron chi connectivity index (χ3n) is 7.47. The maximum Gasteiger partial charge on any atom is 0.255 e. The number of carbonyl (C=O) groups is 3. The standard InChI is InChI=1S/C25H29IN2O7/c1-24(2,3)12-8-13(26)10-6-9-7-11-17(28(4)5)20(31)16(23(27)34)22(33)25(11,35)21(32)14(9)19(30)15(10)18(12)29/h8-9,11,17,29-30,33,35H,6-7H2,1-5H3,(H2,27,34)/t9?,11?,17-,25-/m0/s1. The van der Waals surface area contributed by atoms with Gasteiger partial charge in [-0.15, -0.1) is 0 Å². The molecule has 3 aliphatic rings. The molecule has 0 saturated heterocycles. The molecule has 188 valence electrons. The highest BCUT2D eigenvalue weighted by Gasteiger charge is 2.64. The van der Waals surface area contributed by atoms with E-state index in [1.807, 2.05) is 26.8 Å². The molecule has 1 aromatic rings. The van der Waals surface area contributed by atoms with E-state index in [0.717, 1.165) is 3.57 Å². The molecule has 6 N–H and O–H groups in total. The van der Waals surface area contributed by atoms with Gasteiger partial charge < -0.3 is 26.2 Å². The van der Waals surface area contributed by atoms with Crippen LogP contribution in [0.4, 0.5) is 0 Å². The summed E-state index contributed by atoms with van der Waals surface area (Å²) in [6.45, 7) is 5.73. The Labute approximate surface area is 216 Å². The number of Topliss-reactive ketones (excluding diaryl/α,β-unsaturated/α-hetero) is 2. The van der Waals surface area contributed by atoms with Gasteiger partial charge in [0.15, 0.2) is 11.4 Å². The number of benzene rings is 1. The Morgan fingerprint density at radius 3 is 2.31 bits per heavy atom. The van der Waals surface area contributed by atoms with Crippen LogP contribution in [0.2, 0.25) is 0 Å². The molecule has 9 nitrogen and oxygen atoms in total. The topological polar surface area (TPSA) is 161 Å². The Morgan fingerprint density at radius 2 is 1.80 bits per heavy atom. The zero-order valence-electron chi connectivity index (χ0n) is 20.1. The molecule has 0 aliphatic heterocycles. The van der Waals surface area contributed by atoms with Crippen LogP contribution in [-0.4, -0.2) is 68.5 Å². The van der Waals surface area contributed by atoms with Gasteiger partial charge in [-0.3, -0.25) is 19.3 Å². The zero-order valence-corrected chi connectivity index (χ0v) is 22.3. The number of fused-ring (bicyclic) bond motifs is 3. The number of aromatic hydroxyl groups is 1. The van der Waals surface area contributed by atoms with Crippen LogP contribution in [0.15, 0.2) is 23.0 Å². The maximum absolute atomic E-state index is 13.8. The Morgan fingerprint density at radius 1 is 1.20 bits per heavy atom. The van der Waals surface area contributed by atoms with Gasteiger partial charge in [0.05, 0.1) is 11.6 Å². The third kappa shape index (κ3) is 3.44. The van der Waals surface area contributed by atoms with E-state index < -0.39 is 63.5 Å². The fourth-order valence-corrected chi connectivity index (χ4v) is 6.64. The summed E-state index contributed by atoms with van der Waals surface area (Å²) in [7, 11) is 3.14. The summed E-state index contributed by atoms with van der Waals surface area (Å²) < 4.78 is 0.807. The summed E-state index contributed by atoms with van der Waals surface area (Å²) in [6, 6.07) is 0.761. The summed E-state index contributed by atoms with van der Waals surface area (Å²) in [4.78, 5) is 40.5. The Kier molecular flexibility index (Phi) is 5.89. The van der Waals surface area contributed by atoms with Crippen LogP contribution in [0.3, 0.4) is 0 Å². The number of ketones is 2. The van der Waals surface area contributed by atoms with E-state index in [0.29, 0.717) is 11.1 Å². The number of rotatable bonds is 2. The molecule has 0 aromatic heterocycles. The summed E-state index contributed by atoms with van der Waals surface area (Å²) in [5.41, 5.74) is 2.66. The molecule has 0 heterocycles.